The third-order valence-electron chi connectivity index (χ3n) is 4.02. The third-order valence-corrected chi connectivity index (χ3v) is 4.49. The van der Waals surface area contributed by atoms with E-state index in [-0.39, 0.29) is 16.3 Å². The fourth-order valence-electron chi connectivity index (χ4n) is 2.86. The number of hydrogen-bond acceptors (Lipinski definition) is 5. The first-order chi connectivity index (χ1) is 11.7. The van der Waals surface area contributed by atoms with Gasteiger partial charge in [-0.05, 0) is 25.0 Å². The quantitative estimate of drug-likeness (QED) is 0.594. The van der Waals surface area contributed by atoms with E-state index in [0.717, 1.165) is 13.2 Å². The van der Waals surface area contributed by atoms with Gasteiger partial charge in [0.15, 0.2) is 11.5 Å². The van der Waals surface area contributed by atoms with Crippen molar-refractivity contribution < 1.29 is 32.2 Å². The van der Waals surface area contributed by atoms with Crippen LogP contribution in [0.4, 0.5) is 13.2 Å². The van der Waals surface area contributed by atoms with Gasteiger partial charge < -0.3 is 19.1 Å². The van der Waals surface area contributed by atoms with Crippen molar-refractivity contribution in [1.29, 1.82) is 0 Å². The maximum absolute atomic E-state index is 13.4. The van der Waals surface area contributed by atoms with Crippen LogP contribution in [0.2, 0.25) is 0 Å². The molecule has 0 bridgehead atoms. The summed E-state index contributed by atoms with van der Waals surface area (Å²) in [5.74, 6) is -0.952. The Balaban J connectivity index is 2.48. The molecule has 0 aliphatic carbocycles. The maximum Gasteiger partial charge on any atom is 0.420 e. The van der Waals surface area contributed by atoms with Gasteiger partial charge in [0.2, 0.25) is 0 Å². The van der Waals surface area contributed by atoms with Crippen LogP contribution in [0, 0.1) is 0 Å². The number of carbonyl (C=O) groups excluding carboxylic acids is 1. The van der Waals surface area contributed by atoms with Gasteiger partial charge in [-0.2, -0.15) is 13.2 Å². The summed E-state index contributed by atoms with van der Waals surface area (Å²) in [4.78, 5) is 13.6. The van der Waals surface area contributed by atoms with E-state index in [0.29, 0.717) is 19.4 Å². The number of hydrogen-bond donors (Lipinski definition) is 0. The Labute approximate surface area is 148 Å². The van der Waals surface area contributed by atoms with Crippen LogP contribution in [0.15, 0.2) is 12.1 Å². The summed E-state index contributed by atoms with van der Waals surface area (Å²) >= 11 is 5.35. The molecule has 1 aliphatic rings. The molecule has 0 saturated carbocycles. The average Bonchev–Trinajstić information content (AvgIpc) is 3.07. The Kier molecular flexibility index (Phi) is 5.76. The van der Waals surface area contributed by atoms with Gasteiger partial charge in [-0.15, -0.1) is 0 Å². The lowest BCUT2D eigenvalue weighted by atomic mass is 10.1. The van der Waals surface area contributed by atoms with Crippen LogP contribution < -0.4 is 9.47 Å². The number of esters is 1. The Morgan fingerprint density at radius 3 is 2.44 bits per heavy atom. The molecule has 2 rings (SSSR count). The molecule has 1 atom stereocenters. The van der Waals surface area contributed by atoms with Crippen LogP contribution in [-0.2, 0) is 15.7 Å². The largest absolute Gasteiger partial charge is 0.493 e. The second-order valence-corrected chi connectivity index (χ2v) is 5.82. The van der Waals surface area contributed by atoms with Gasteiger partial charge in [0.25, 0.3) is 0 Å². The Hall–Kier alpha value is -2.03. The molecule has 0 aromatic heterocycles. The predicted octanol–water partition coefficient (Wildman–Crippen LogP) is 3.04. The van der Waals surface area contributed by atoms with Crippen LogP contribution in [0.25, 0.3) is 0 Å². The molecule has 1 saturated heterocycles. The molecule has 0 spiro atoms. The number of thiocarbonyl (C=S) groups is 1. The van der Waals surface area contributed by atoms with Crippen LogP contribution in [0.3, 0.4) is 0 Å². The molecule has 0 radical (unpaired) electrons. The normalized spacial score (nSPS) is 17.4. The highest BCUT2D eigenvalue weighted by Crippen LogP contribution is 2.43. The van der Waals surface area contributed by atoms with Gasteiger partial charge in [0.1, 0.15) is 16.6 Å². The van der Waals surface area contributed by atoms with Gasteiger partial charge in [-0.25, -0.2) is 4.79 Å². The molecule has 9 heteroatoms. The van der Waals surface area contributed by atoms with Crippen molar-refractivity contribution in [2.45, 2.75) is 25.1 Å². The van der Waals surface area contributed by atoms with Crippen molar-refractivity contribution in [3.63, 3.8) is 0 Å². The SMILES string of the molecule is COC(=O)[C@H]1CCCN1C(=S)c1cc(OC)c(OC)c(C(F)(F)F)c1. The Morgan fingerprint density at radius 1 is 1.24 bits per heavy atom. The van der Waals surface area contributed by atoms with E-state index in [4.69, 9.17) is 26.4 Å². The fraction of sp³-hybridized carbons (Fsp3) is 0.500. The molecule has 1 aromatic rings. The molecule has 0 unspecified atom stereocenters. The molecule has 1 fully saturated rings. The molecule has 0 amide bonds. The summed E-state index contributed by atoms with van der Waals surface area (Å²) in [6.45, 7) is 0.467. The van der Waals surface area contributed by atoms with E-state index in [9.17, 15) is 18.0 Å². The van der Waals surface area contributed by atoms with Crippen molar-refractivity contribution >= 4 is 23.2 Å². The number of likely N-dealkylation sites (tertiary alicyclic amines) is 1. The highest BCUT2D eigenvalue weighted by Gasteiger charge is 2.38. The second-order valence-electron chi connectivity index (χ2n) is 5.44. The standard InChI is InChI=1S/C16H18F3NO4S/c1-22-12-8-9(7-10(13(12)23-2)16(17,18)19)14(25)20-6-4-5-11(20)15(21)24-3/h7-8,11H,4-6H2,1-3H3/t11-/m1/s1. The first kappa shape index (κ1) is 19.3. The first-order valence-corrected chi connectivity index (χ1v) is 7.87. The monoisotopic (exact) mass is 377 g/mol. The van der Waals surface area contributed by atoms with E-state index in [1.165, 1.54) is 20.3 Å². The van der Waals surface area contributed by atoms with Crippen molar-refractivity contribution in [3.8, 4) is 11.5 Å². The molecule has 138 valence electrons. The van der Waals surface area contributed by atoms with Crippen LogP contribution >= 0.6 is 12.2 Å². The van der Waals surface area contributed by atoms with Crippen molar-refractivity contribution in [1.82, 2.24) is 4.90 Å². The number of halogens is 3. The number of benzene rings is 1. The van der Waals surface area contributed by atoms with Gasteiger partial charge in [-0.3, -0.25) is 0 Å². The summed E-state index contributed by atoms with van der Waals surface area (Å²) in [7, 11) is 3.65. The molecule has 5 nitrogen and oxygen atoms in total. The van der Waals surface area contributed by atoms with E-state index in [2.05, 4.69) is 0 Å². The van der Waals surface area contributed by atoms with Crippen molar-refractivity contribution in [2.75, 3.05) is 27.9 Å². The number of alkyl halides is 3. The van der Waals surface area contributed by atoms with Crippen LogP contribution in [-0.4, -0.2) is 49.8 Å². The lowest BCUT2D eigenvalue weighted by molar-refractivity contribution is -0.144. The van der Waals surface area contributed by atoms with E-state index >= 15 is 0 Å². The number of nitrogens with zero attached hydrogens (tertiary/aromatic N) is 1. The van der Waals surface area contributed by atoms with Crippen molar-refractivity contribution in [3.05, 3.63) is 23.3 Å². The maximum atomic E-state index is 13.4. The van der Waals surface area contributed by atoms with Gasteiger partial charge in [0.05, 0.1) is 21.3 Å². The van der Waals surface area contributed by atoms with E-state index < -0.39 is 29.5 Å². The van der Waals surface area contributed by atoms with Crippen LogP contribution in [0.1, 0.15) is 24.0 Å². The molecular formula is C16H18F3NO4S. The summed E-state index contributed by atoms with van der Waals surface area (Å²) in [6.07, 6.45) is -3.41. The summed E-state index contributed by atoms with van der Waals surface area (Å²) < 4.78 is 54.7. The minimum absolute atomic E-state index is 0.0801. The molecule has 25 heavy (non-hydrogen) atoms. The zero-order chi connectivity index (χ0) is 18.8. The minimum atomic E-state index is -4.64. The topological polar surface area (TPSA) is 48.0 Å². The summed E-state index contributed by atoms with van der Waals surface area (Å²) in [5, 5.41) is 0. The predicted molar refractivity (Wildman–Crippen MR) is 88.0 cm³/mol. The molecule has 1 aromatic carbocycles. The zero-order valence-electron chi connectivity index (χ0n) is 14.0. The summed E-state index contributed by atoms with van der Waals surface area (Å²) in [5.41, 5.74) is -0.851. The van der Waals surface area contributed by atoms with Gasteiger partial charge in [-0.1, -0.05) is 12.2 Å². The second kappa shape index (κ2) is 7.47. The zero-order valence-corrected chi connectivity index (χ0v) is 14.8. The number of carbonyl (C=O) groups is 1. The molecular weight excluding hydrogens is 359 g/mol. The lowest BCUT2D eigenvalue weighted by Crippen LogP contribution is -2.40. The third kappa shape index (κ3) is 3.81. The van der Waals surface area contributed by atoms with Gasteiger partial charge in [0, 0.05) is 12.1 Å². The first-order valence-electron chi connectivity index (χ1n) is 7.46. The highest BCUT2D eigenvalue weighted by atomic mass is 32.1. The van der Waals surface area contributed by atoms with E-state index in [1.54, 1.807) is 4.90 Å². The van der Waals surface area contributed by atoms with E-state index in [1.807, 2.05) is 0 Å². The van der Waals surface area contributed by atoms with Crippen LogP contribution in [0.5, 0.6) is 11.5 Å². The molecule has 1 aliphatic heterocycles. The fourth-order valence-corrected chi connectivity index (χ4v) is 3.19. The summed E-state index contributed by atoms with van der Waals surface area (Å²) in [6, 6.07) is 1.69. The molecule has 0 N–H and O–H groups in total. The van der Waals surface area contributed by atoms with Crippen molar-refractivity contribution in [2.24, 2.45) is 0 Å². The molecule has 1 heterocycles. The Morgan fingerprint density at radius 2 is 1.92 bits per heavy atom. The average molecular weight is 377 g/mol. The number of ether oxygens (including phenoxy) is 3. The lowest BCUT2D eigenvalue weighted by Gasteiger charge is -2.26. The smallest absolute Gasteiger partial charge is 0.420 e. The highest BCUT2D eigenvalue weighted by molar-refractivity contribution is 7.80. The number of rotatable bonds is 4. The van der Waals surface area contributed by atoms with Gasteiger partial charge >= 0.3 is 12.1 Å². The number of methoxy groups -OCH3 is 3. The Bertz CT molecular complexity index is 678. The minimum Gasteiger partial charge on any atom is -0.493 e.